The Morgan fingerprint density at radius 2 is 2.31 bits per heavy atom. The summed E-state index contributed by atoms with van der Waals surface area (Å²) in [7, 11) is 1.80. The smallest absolute Gasteiger partial charge is 0.188 e. The fourth-order valence-corrected chi connectivity index (χ4v) is 2.10. The van der Waals surface area contributed by atoms with Crippen molar-refractivity contribution in [1.82, 2.24) is 30.4 Å². The molecule has 16 heavy (non-hydrogen) atoms. The standard InChI is InChI=1S/C10H20N6/c1-4-10(2)8-16(6-5-11-10)7-9-12-14-15(3)13-9/h11H,4-8H2,1-3H3. The first-order valence-corrected chi connectivity index (χ1v) is 5.81. The highest BCUT2D eigenvalue weighted by molar-refractivity contribution is 4.91. The topological polar surface area (TPSA) is 58.9 Å². The number of nitrogens with zero attached hydrogens (tertiary/aromatic N) is 5. The average Bonchev–Trinajstić information content (AvgIpc) is 2.64. The molecule has 6 nitrogen and oxygen atoms in total. The fraction of sp³-hybridized carbons (Fsp3) is 0.900. The Morgan fingerprint density at radius 1 is 1.50 bits per heavy atom. The van der Waals surface area contributed by atoms with E-state index in [2.05, 4.69) is 39.5 Å². The first-order valence-electron chi connectivity index (χ1n) is 5.81. The minimum Gasteiger partial charge on any atom is -0.309 e. The van der Waals surface area contributed by atoms with Crippen LogP contribution in [0.15, 0.2) is 0 Å². The van der Waals surface area contributed by atoms with Gasteiger partial charge in [0.1, 0.15) is 0 Å². The van der Waals surface area contributed by atoms with E-state index in [9.17, 15) is 0 Å². The van der Waals surface area contributed by atoms with Crippen molar-refractivity contribution in [2.45, 2.75) is 32.4 Å². The van der Waals surface area contributed by atoms with Crippen LogP contribution in [-0.4, -0.2) is 50.3 Å². The summed E-state index contributed by atoms with van der Waals surface area (Å²) < 4.78 is 0. The molecule has 0 aromatic carbocycles. The monoisotopic (exact) mass is 224 g/mol. The summed E-state index contributed by atoms with van der Waals surface area (Å²) >= 11 is 0. The summed E-state index contributed by atoms with van der Waals surface area (Å²) in [5, 5.41) is 15.6. The molecule has 1 aliphatic rings. The third-order valence-electron chi connectivity index (χ3n) is 3.25. The third kappa shape index (κ3) is 2.56. The van der Waals surface area contributed by atoms with E-state index in [1.807, 2.05) is 0 Å². The fourth-order valence-electron chi connectivity index (χ4n) is 2.10. The van der Waals surface area contributed by atoms with Crippen LogP contribution in [0.4, 0.5) is 0 Å². The predicted molar refractivity (Wildman–Crippen MR) is 60.8 cm³/mol. The molecule has 0 spiro atoms. The van der Waals surface area contributed by atoms with Crippen LogP contribution in [0.2, 0.25) is 0 Å². The van der Waals surface area contributed by atoms with E-state index in [0.717, 1.165) is 38.4 Å². The molecular formula is C10H20N6. The quantitative estimate of drug-likeness (QED) is 0.769. The van der Waals surface area contributed by atoms with Crippen LogP contribution < -0.4 is 5.32 Å². The second-order valence-electron chi connectivity index (χ2n) is 4.75. The van der Waals surface area contributed by atoms with Gasteiger partial charge in [-0.1, -0.05) is 6.92 Å². The SMILES string of the molecule is CCC1(C)CN(Cc2nnn(C)n2)CCN1. The highest BCUT2D eigenvalue weighted by Crippen LogP contribution is 2.15. The number of hydrogen-bond acceptors (Lipinski definition) is 5. The second kappa shape index (κ2) is 4.47. The molecule has 1 aromatic heterocycles. The minimum absolute atomic E-state index is 0.223. The zero-order valence-corrected chi connectivity index (χ0v) is 10.3. The van der Waals surface area contributed by atoms with E-state index in [4.69, 9.17) is 0 Å². The largest absolute Gasteiger partial charge is 0.309 e. The number of aromatic nitrogens is 4. The van der Waals surface area contributed by atoms with Crippen LogP contribution in [-0.2, 0) is 13.6 Å². The molecule has 0 bridgehead atoms. The Kier molecular flexibility index (Phi) is 3.20. The molecule has 1 aliphatic heterocycles. The number of piperazine rings is 1. The van der Waals surface area contributed by atoms with Gasteiger partial charge in [-0.05, 0) is 18.6 Å². The molecular weight excluding hydrogens is 204 g/mol. The molecule has 2 heterocycles. The molecule has 0 amide bonds. The number of nitrogens with one attached hydrogen (secondary N) is 1. The predicted octanol–water partition coefficient (Wildman–Crippen LogP) is -0.216. The zero-order valence-electron chi connectivity index (χ0n) is 10.3. The Morgan fingerprint density at radius 3 is 2.94 bits per heavy atom. The maximum absolute atomic E-state index is 4.21. The lowest BCUT2D eigenvalue weighted by Crippen LogP contribution is -2.58. The van der Waals surface area contributed by atoms with Gasteiger partial charge in [0.05, 0.1) is 13.6 Å². The summed E-state index contributed by atoms with van der Waals surface area (Å²) in [6.07, 6.45) is 1.14. The molecule has 0 saturated carbocycles. The van der Waals surface area contributed by atoms with Gasteiger partial charge in [-0.3, -0.25) is 4.90 Å². The molecule has 1 atom stereocenters. The Bertz CT molecular complexity index is 349. The van der Waals surface area contributed by atoms with Gasteiger partial charge < -0.3 is 5.32 Å². The van der Waals surface area contributed by atoms with Crippen LogP contribution in [0.5, 0.6) is 0 Å². The first kappa shape index (κ1) is 11.5. The van der Waals surface area contributed by atoms with Gasteiger partial charge in [-0.15, -0.1) is 10.2 Å². The van der Waals surface area contributed by atoms with Crippen molar-refractivity contribution in [2.75, 3.05) is 19.6 Å². The van der Waals surface area contributed by atoms with Gasteiger partial charge in [-0.2, -0.15) is 4.80 Å². The lowest BCUT2D eigenvalue weighted by molar-refractivity contribution is 0.131. The van der Waals surface area contributed by atoms with Crippen LogP contribution in [0.1, 0.15) is 26.1 Å². The maximum Gasteiger partial charge on any atom is 0.188 e. The van der Waals surface area contributed by atoms with E-state index in [1.54, 1.807) is 7.05 Å². The van der Waals surface area contributed by atoms with Crippen molar-refractivity contribution >= 4 is 0 Å². The lowest BCUT2D eigenvalue weighted by Gasteiger charge is -2.40. The summed E-state index contributed by atoms with van der Waals surface area (Å²) in [5.74, 6) is 0.808. The number of rotatable bonds is 3. The summed E-state index contributed by atoms with van der Waals surface area (Å²) in [4.78, 5) is 3.90. The van der Waals surface area contributed by atoms with Crippen molar-refractivity contribution < 1.29 is 0 Å². The average molecular weight is 224 g/mol. The van der Waals surface area contributed by atoms with Crippen LogP contribution in [0.25, 0.3) is 0 Å². The van der Waals surface area contributed by atoms with E-state index in [-0.39, 0.29) is 5.54 Å². The molecule has 90 valence electrons. The van der Waals surface area contributed by atoms with Gasteiger partial charge in [0.25, 0.3) is 0 Å². The second-order valence-corrected chi connectivity index (χ2v) is 4.75. The zero-order chi connectivity index (χ0) is 11.6. The highest BCUT2D eigenvalue weighted by Gasteiger charge is 2.29. The molecule has 1 saturated heterocycles. The molecule has 1 N–H and O–H groups in total. The van der Waals surface area contributed by atoms with Crippen LogP contribution in [0, 0.1) is 0 Å². The van der Waals surface area contributed by atoms with Gasteiger partial charge in [0.15, 0.2) is 5.82 Å². The molecule has 2 rings (SSSR count). The lowest BCUT2D eigenvalue weighted by atomic mass is 9.96. The third-order valence-corrected chi connectivity index (χ3v) is 3.25. The van der Waals surface area contributed by atoms with Crippen molar-refractivity contribution in [3.8, 4) is 0 Å². The summed E-state index contributed by atoms with van der Waals surface area (Å²) in [5.41, 5.74) is 0.223. The molecule has 1 unspecified atom stereocenters. The molecule has 0 aliphatic carbocycles. The molecule has 1 aromatic rings. The Labute approximate surface area is 96.0 Å². The van der Waals surface area contributed by atoms with Crippen molar-refractivity contribution in [3.05, 3.63) is 5.82 Å². The number of aryl methyl sites for hydroxylation is 1. The van der Waals surface area contributed by atoms with E-state index < -0.39 is 0 Å². The maximum atomic E-state index is 4.21. The Balaban J connectivity index is 1.95. The summed E-state index contributed by atoms with van der Waals surface area (Å²) in [6, 6.07) is 0. The van der Waals surface area contributed by atoms with Crippen molar-refractivity contribution in [1.29, 1.82) is 0 Å². The van der Waals surface area contributed by atoms with E-state index in [0.29, 0.717) is 0 Å². The normalized spacial score (nSPS) is 27.2. The van der Waals surface area contributed by atoms with E-state index in [1.165, 1.54) is 4.80 Å². The van der Waals surface area contributed by atoms with Gasteiger partial charge in [0, 0.05) is 25.2 Å². The Hall–Kier alpha value is -1.01. The number of tetrazole rings is 1. The highest BCUT2D eigenvalue weighted by atomic mass is 15.6. The van der Waals surface area contributed by atoms with Gasteiger partial charge >= 0.3 is 0 Å². The van der Waals surface area contributed by atoms with Crippen molar-refractivity contribution in [2.24, 2.45) is 7.05 Å². The van der Waals surface area contributed by atoms with Crippen LogP contribution >= 0.6 is 0 Å². The van der Waals surface area contributed by atoms with Crippen molar-refractivity contribution in [3.63, 3.8) is 0 Å². The number of hydrogen-bond donors (Lipinski definition) is 1. The first-order chi connectivity index (χ1) is 7.61. The molecule has 6 heteroatoms. The van der Waals surface area contributed by atoms with E-state index >= 15 is 0 Å². The molecule has 0 radical (unpaired) electrons. The molecule has 1 fully saturated rings. The summed E-state index contributed by atoms with van der Waals surface area (Å²) in [6.45, 7) is 8.41. The van der Waals surface area contributed by atoms with Gasteiger partial charge in [-0.25, -0.2) is 0 Å². The van der Waals surface area contributed by atoms with Crippen LogP contribution in [0.3, 0.4) is 0 Å². The van der Waals surface area contributed by atoms with Gasteiger partial charge in [0.2, 0.25) is 0 Å². The minimum atomic E-state index is 0.223.